The minimum atomic E-state index is -0.402. The molecule has 0 radical (unpaired) electrons. The number of nitrogens with one attached hydrogen (secondary N) is 1. The molecule has 1 aliphatic rings. The van der Waals surface area contributed by atoms with Crippen molar-refractivity contribution in [3.05, 3.63) is 53.1 Å². The molecule has 0 bridgehead atoms. The first-order valence-electron chi connectivity index (χ1n) is 11.4. The molecule has 3 rings (SSSR count). The SMILES string of the molecule is CCOc1ccccc1OCCN[C@H](C)Cc1cc2c(c(C(N)=O)c1)N(CCCO)CC2. The third-order valence-electron chi connectivity index (χ3n) is 5.61. The van der Waals surface area contributed by atoms with E-state index >= 15 is 0 Å². The lowest BCUT2D eigenvalue weighted by atomic mass is 9.98. The van der Waals surface area contributed by atoms with Gasteiger partial charge in [-0.2, -0.15) is 0 Å². The van der Waals surface area contributed by atoms with Gasteiger partial charge in [0, 0.05) is 32.3 Å². The Labute approximate surface area is 190 Å². The predicted octanol–water partition coefficient (Wildman–Crippen LogP) is 2.53. The Morgan fingerprint density at radius 2 is 2.00 bits per heavy atom. The van der Waals surface area contributed by atoms with Crippen molar-refractivity contribution in [1.82, 2.24) is 5.32 Å². The van der Waals surface area contributed by atoms with Crippen LogP contribution in [0.3, 0.4) is 0 Å². The average molecular weight is 442 g/mol. The number of para-hydroxylation sites is 2. The molecule has 0 saturated heterocycles. The zero-order chi connectivity index (χ0) is 22.9. The number of nitrogens with zero attached hydrogens (tertiary/aromatic N) is 1. The largest absolute Gasteiger partial charge is 0.490 e. The summed E-state index contributed by atoms with van der Waals surface area (Å²) >= 11 is 0. The van der Waals surface area contributed by atoms with E-state index in [4.69, 9.17) is 20.3 Å². The van der Waals surface area contributed by atoms with Gasteiger partial charge in [0.05, 0.1) is 17.9 Å². The summed E-state index contributed by atoms with van der Waals surface area (Å²) in [6.45, 7) is 7.63. The highest BCUT2D eigenvalue weighted by atomic mass is 16.5. The van der Waals surface area contributed by atoms with E-state index in [0.717, 1.165) is 54.2 Å². The predicted molar refractivity (Wildman–Crippen MR) is 127 cm³/mol. The van der Waals surface area contributed by atoms with Crippen molar-refractivity contribution in [2.75, 3.05) is 44.4 Å². The summed E-state index contributed by atoms with van der Waals surface area (Å²) in [6, 6.07) is 12.0. The summed E-state index contributed by atoms with van der Waals surface area (Å²) < 4.78 is 11.5. The Bertz CT molecular complexity index is 903. The first-order valence-corrected chi connectivity index (χ1v) is 11.4. The van der Waals surface area contributed by atoms with Crippen LogP contribution in [0.1, 0.15) is 41.8 Å². The van der Waals surface area contributed by atoms with Gasteiger partial charge in [0.25, 0.3) is 5.91 Å². The molecule has 1 heterocycles. The fourth-order valence-corrected chi connectivity index (χ4v) is 4.22. The molecule has 0 saturated carbocycles. The molecule has 7 heteroatoms. The molecule has 2 aromatic rings. The fraction of sp³-hybridized carbons (Fsp3) is 0.480. The summed E-state index contributed by atoms with van der Waals surface area (Å²) in [7, 11) is 0. The van der Waals surface area contributed by atoms with Crippen molar-refractivity contribution in [1.29, 1.82) is 0 Å². The van der Waals surface area contributed by atoms with Gasteiger partial charge < -0.3 is 30.5 Å². The Balaban J connectivity index is 1.56. The van der Waals surface area contributed by atoms with Gasteiger partial charge in [0.2, 0.25) is 0 Å². The van der Waals surface area contributed by atoms with Gasteiger partial charge in [-0.05, 0) is 62.4 Å². The maximum atomic E-state index is 12.1. The molecule has 1 atom stereocenters. The highest BCUT2D eigenvalue weighted by Crippen LogP contribution is 2.33. The van der Waals surface area contributed by atoms with Gasteiger partial charge in [-0.1, -0.05) is 18.2 Å². The smallest absolute Gasteiger partial charge is 0.250 e. The van der Waals surface area contributed by atoms with Crippen molar-refractivity contribution in [2.24, 2.45) is 5.73 Å². The number of nitrogens with two attached hydrogens (primary N) is 1. The number of benzene rings is 2. The second kappa shape index (κ2) is 11.7. The number of amides is 1. The van der Waals surface area contributed by atoms with Crippen LogP contribution in [0.4, 0.5) is 5.69 Å². The van der Waals surface area contributed by atoms with Gasteiger partial charge in [0.1, 0.15) is 6.61 Å². The lowest BCUT2D eigenvalue weighted by Gasteiger charge is -2.22. The number of primary amides is 1. The summed E-state index contributed by atoms with van der Waals surface area (Å²) in [5, 5.41) is 12.6. The third kappa shape index (κ3) is 6.14. The van der Waals surface area contributed by atoms with E-state index in [0.29, 0.717) is 31.7 Å². The minimum Gasteiger partial charge on any atom is -0.490 e. The number of carbonyl (C=O) groups is 1. The van der Waals surface area contributed by atoms with Crippen LogP contribution in [0.5, 0.6) is 11.5 Å². The molecule has 4 N–H and O–H groups in total. The standard InChI is InChI=1S/C25H35N3O4/c1-3-31-22-7-4-5-8-23(22)32-14-10-27-18(2)15-19-16-20-9-12-28(11-6-13-29)24(20)21(17-19)25(26)30/h4-5,7-8,16-18,27,29H,3,6,9-15H2,1-2H3,(H2,26,30)/t18-/m1/s1. The van der Waals surface area contributed by atoms with Crippen LogP contribution in [0.25, 0.3) is 0 Å². The van der Waals surface area contributed by atoms with Gasteiger partial charge in [-0.25, -0.2) is 0 Å². The minimum absolute atomic E-state index is 0.139. The van der Waals surface area contributed by atoms with Crippen LogP contribution in [0.15, 0.2) is 36.4 Å². The van der Waals surface area contributed by atoms with Crippen molar-refractivity contribution in [2.45, 2.75) is 39.2 Å². The van der Waals surface area contributed by atoms with E-state index in [2.05, 4.69) is 23.2 Å². The number of rotatable bonds is 13. The lowest BCUT2D eigenvalue weighted by molar-refractivity contribution is 0.100. The highest BCUT2D eigenvalue weighted by Gasteiger charge is 2.25. The number of anilines is 1. The summed E-state index contributed by atoms with van der Waals surface area (Å²) in [5.74, 6) is 1.11. The molecule has 0 unspecified atom stereocenters. The maximum Gasteiger partial charge on any atom is 0.250 e. The number of hydrogen-bond acceptors (Lipinski definition) is 6. The first-order chi connectivity index (χ1) is 15.5. The van der Waals surface area contributed by atoms with Crippen LogP contribution >= 0.6 is 0 Å². The molecule has 7 nitrogen and oxygen atoms in total. The van der Waals surface area contributed by atoms with Crippen LogP contribution < -0.4 is 25.4 Å². The molecule has 32 heavy (non-hydrogen) atoms. The maximum absolute atomic E-state index is 12.1. The normalized spacial score (nSPS) is 13.7. The van der Waals surface area contributed by atoms with Crippen molar-refractivity contribution < 1.29 is 19.4 Å². The average Bonchev–Trinajstić information content (AvgIpc) is 3.18. The Hall–Kier alpha value is -2.77. The van der Waals surface area contributed by atoms with Crippen molar-refractivity contribution in [3.8, 4) is 11.5 Å². The molecule has 0 spiro atoms. The summed E-state index contributed by atoms with van der Waals surface area (Å²) in [6.07, 6.45) is 2.36. The molecule has 174 valence electrons. The van der Waals surface area contributed by atoms with Crippen LogP contribution in [-0.2, 0) is 12.8 Å². The number of aliphatic hydroxyl groups is 1. The molecule has 1 aliphatic heterocycles. The number of carbonyl (C=O) groups excluding carboxylic acids is 1. The van der Waals surface area contributed by atoms with Crippen LogP contribution in [0, 0.1) is 0 Å². The van der Waals surface area contributed by atoms with Gasteiger partial charge in [-0.3, -0.25) is 4.79 Å². The number of aliphatic hydroxyl groups excluding tert-OH is 1. The monoisotopic (exact) mass is 441 g/mol. The molecular formula is C25H35N3O4. The second-order valence-corrected chi connectivity index (χ2v) is 8.12. The Kier molecular flexibility index (Phi) is 8.76. The molecule has 0 fully saturated rings. The van der Waals surface area contributed by atoms with Crippen molar-refractivity contribution in [3.63, 3.8) is 0 Å². The number of ether oxygens (including phenoxy) is 2. The molecular weight excluding hydrogens is 406 g/mol. The molecule has 1 amide bonds. The van der Waals surface area contributed by atoms with E-state index in [9.17, 15) is 4.79 Å². The van der Waals surface area contributed by atoms with E-state index in [-0.39, 0.29) is 12.6 Å². The third-order valence-corrected chi connectivity index (χ3v) is 5.61. The molecule has 0 aromatic heterocycles. The molecule has 0 aliphatic carbocycles. The zero-order valence-electron chi connectivity index (χ0n) is 19.1. The van der Waals surface area contributed by atoms with E-state index in [1.54, 1.807) is 0 Å². The second-order valence-electron chi connectivity index (χ2n) is 8.12. The number of hydrogen-bond donors (Lipinski definition) is 3. The van der Waals surface area contributed by atoms with E-state index < -0.39 is 5.91 Å². The highest BCUT2D eigenvalue weighted by molar-refractivity contribution is 6.00. The van der Waals surface area contributed by atoms with Crippen molar-refractivity contribution >= 4 is 11.6 Å². The van der Waals surface area contributed by atoms with Gasteiger partial charge in [-0.15, -0.1) is 0 Å². The Morgan fingerprint density at radius 3 is 2.69 bits per heavy atom. The van der Waals surface area contributed by atoms with Crippen LogP contribution in [-0.4, -0.2) is 56.5 Å². The number of fused-ring (bicyclic) bond motifs is 1. The fourth-order valence-electron chi connectivity index (χ4n) is 4.22. The molecule has 2 aromatic carbocycles. The topological polar surface area (TPSA) is 97.1 Å². The summed E-state index contributed by atoms with van der Waals surface area (Å²) in [4.78, 5) is 14.3. The van der Waals surface area contributed by atoms with Gasteiger partial charge >= 0.3 is 0 Å². The van der Waals surface area contributed by atoms with Gasteiger partial charge in [0.15, 0.2) is 11.5 Å². The lowest BCUT2D eigenvalue weighted by Crippen LogP contribution is -2.32. The first kappa shape index (κ1) is 23.9. The summed E-state index contributed by atoms with van der Waals surface area (Å²) in [5.41, 5.74) is 9.49. The van der Waals surface area contributed by atoms with E-state index in [1.807, 2.05) is 37.3 Å². The van der Waals surface area contributed by atoms with Crippen LogP contribution in [0.2, 0.25) is 0 Å². The Morgan fingerprint density at radius 1 is 1.25 bits per heavy atom. The quantitative estimate of drug-likeness (QED) is 0.413. The van der Waals surface area contributed by atoms with E-state index in [1.165, 1.54) is 0 Å². The zero-order valence-corrected chi connectivity index (χ0v) is 19.1.